The van der Waals surface area contributed by atoms with Crippen LogP contribution in [0.2, 0.25) is 0 Å². The van der Waals surface area contributed by atoms with Crippen LogP contribution < -0.4 is 5.32 Å². The zero-order chi connectivity index (χ0) is 41.2. The Morgan fingerprint density at radius 2 is 1.12 bits per heavy atom. The summed E-state index contributed by atoms with van der Waals surface area (Å²) < 4.78 is 89.2. The lowest BCUT2D eigenvalue weighted by Crippen LogP contribution is -2.52. The normalized spacial score (nSPS) is 19.1. The molecule has 60 heavy (non-hydrogen) atoms. The number of amides is 2. The van der Waals surface area contributed by atoms with Crippen molar-refractivity contribution in [1.29, 1.82) is 0 Å². The summed E-state index contributed by atoms with van der Waals surface area (Å²) in [6, 6.07) is 32.1. The molecule has 2 aliphatic rings. The number of halogens is 4. The molecule has 2 amide bonds. The van der Waals surface area contributed by atoms with Crippen LogP contribution in [0.5, 0.6) is 0 Å². The largest absolute Gasteiger partial charge is 0.469 e. The van der Waals surface area contributed by atoms with Gasteiger partial charge in [-0.3, -0.25) is 19.5 Å². The fraction of sp³-hybridized carbons (Fsp3) is 0.149. The topological polar surface area (TPSA) is 104 Å². The molecule has 4 heterocycles. The summed E-state index contributed by atoms with van der Waals surface area (Å²) in [5.74, 6) is -6.26. The second-order valence-electron chi connectivity index (χ2n) is 14.8. The first-order valence-electron chi connectivity index (χ1n) is 19.1. The number of carbonyl (C=O) groups excluding carboxylic acids is 2. The van der Waals surface area contributed by atoms with Gasteiger partial charge in [0.2, 0.25) is 6.23 Å². The lowest BCUT2D eigenvalue weighted by Gasteiger charge is -2.44. The Balaban J connectivity index is 1.24. The number of imide groups is 1. The molecule has 4 unspecified atom stereocenters. The highest BCUT2D eigenvalue weighted by atomic mass is 19.2. The number of hydrogen-bond acceptors (Lipinski definition) is 6. The standard InChI is InChI=1S/C47H33F4N3O6/c1-24-42(57-21-25-11-5-2-6-12-25)43(58-22-26-13-7-3-8-14-26)44(59-23-27-15-9-4-10-16-27)47(60-24)54-35-20-33(51)31(49)18-29(35)37-39-38(45(55)53-46(39)56)36-28-17-30(48)32(50)19-34(28)52-40(36)41(37)54/h2-20,42-44,47,52H,1,21-23H2,(H,53,55,56). The third-order valence-corrected chi connectivity index (χ3v) is 11.1. The van der Waals surface area contributed by atoms with Gasteiger partial charge in [-0.25, -0.2) is 17.6 Å². The summed E-state index contributed by atoms with van der Waals surface area (Å²) in [5, 5.41) is 2.64. The van der Waals surface area contributed by atoms with E-state index < -0.39 is 59.6 Å². The van der Waals surface area contributed by atoms with Crippen LogP contribution in [0, 0.1) is 23.3 Å². The van der Waals surface area contributed by atoms with E-state index in [2.05, 4.69) is 16.9 Å². The number of carbonyl (C=O) groups is 2. The quantitative estimate of drug-likeness (QED) is 0.105. The number of aromatic nitrogens is 2. The maximum absolute atomic E-state index is 15.6. The molecule has 2 aromatic heterocycles. The molecule has 6 aromatic carbocycles. The molecule has 0 spiro atoms. The van der Waals surface area contributed by atoms with Crippen molar-refractivity contribution in [1.82, 2.24) is 14.9 Å². The van der Waals surface area contributed by atoms with Crippen LogP contribution in [0.3, 0.4) is 0 Å². The van der Waals surface area contributed by atoms with Gasteiger partial charge in [0.05, 0.1) is 47.5 Å². The van der Waals surface area contributed by atoms with Crippen molar-refractivity contribution < 1.29 is 46.1 Å². The van der Waals surface area contributed by atoms with Crippen molar-refractivity contribution in [3.8, 4) is 0 Å². The molecular weight excluding hydrogens is 779 g/mol. The minimum Gasteiger partial charge on any atom is -0.469 e. The van der Waals surface area contributed by atoms with E-state index in [4.69, 9.17) is 18.9 Å². The van der Waals surface area contributed by atoms with Crippen LogP contribution in [-0.2, 0) is 38.8 Å². The minimum absolute atomic E-state index is 0.0429. The summed E-state index contributed by atoms with van der Waals surface area (Å²) >= 11 is 0. The highest BCUT2D eigenvalue weighted by Gasteiger charge is 2.48. The Hall–Kier alpha value is -6.80. The summed E-state index contributed by atoms with van der Waals surface area (Å²) in [4.78, 5) is 30.5. The molecule has 2 N–H and O–H groups in total. The van der Waals surface area contributed by atoms with Crippen molar-refractivity contribution in [2.24, 2.45) is 0 Å². The number of aromatic amines is 1. The molecule has 10 rings (SSSR count). The molecule has 0 saturated carbocycles. The van der Waals surface area contributed by atoms with Gasteiger partial charge in [0.15, 0.2) is 23.3 Å². The molecule has 2 aliphatic heterocycles. The van der Waals surface area contributed by atoms with E-state index in [9.17, 15) is 18.4 Å². The zero-order valence-electron chi connectivity index (χ0n) is 31.5. The molecule has 0 aliphatic carbocycles. The van der Waals surface area contributed by atoms with Crippen LogP contribution in [0.25, 0.3) is 43.6 Å². The van der Waals surface area contributed by atoms with Gasteiger partial charge in [0.1, 0.15) is 24.1 Å². The average molecular weight is 812 g/mol. The Morgan fingerprint density at radius 3 is 1.72 bits per heavy atom. The second kappa shape index (κ2) is 14.8. The lowest BCUT2D eigenvalue weighted by atomic mass is 9.96. The maximum atomic E-state index is 15.6. The van der Waals surface area contributed by atoms with Crippen molar-refractivity contribution in [3.05, 3.63) is 179 Å². The van der Waals surface area contributed by atoms with Gasteiger partial charge in [0.25, 0.3) is 11.8 Å². The third kappa shape index (κ3) is 6.21. The summed E-state index contributed by atoms with van der Waals surface area (Å²) in [5.41, 5.74) is 2.67. The number of benzene rings is 6. The van der Waals surface area contributed by atoms with Crippen LogP contribution >= 0.6 is 0 Å². The van der Waals surface area contributed by atoms with Gasteiger partial charge in [-0.05, 0) is 28.8 Å². The van der Waals surface area contributed by atoms with Gasteiger partial charge in [-0.15, -0.1) is 0 Å². The predicted octanol–water partition coefficient (Wildman–Crippen LogP) is 9.67. The Bertz CT molecular complexity index is 3030. The van der Waals surface area contributed by atoms with E-state index in [0.29, 0.717) is 0 Å². The molecular formula is C47H33F4N3O6. The molecule has 1 saturated heterocycles. The van der Waals surface area contributed by atoms with Gasteiger partial charge in [-0.1, -0.05) is 97.6 Å². The van der Waals surface area contributed by atoms with Crippen LogP contribution in [0.15, 0.2) is 128 Å². The number of H-pyrrole nitrogens is 1. The molecule has 0 radical (unpaired) electrons. The highest BCUT2D eigenvalue weighted by molar-refractivity contribution is 6.39. The SMILES string of the molecule is C=C1OC(n2c3cc(F)c(F)cc3c3c4c(c5c6cc(F)c(F)cc6[nH]c5c32)C(=O)NC4=O)C(OCc2ccccc2)C(OCc2ccccc2)C1OCc1ccccc1. The molecule has 0 bridgehead atoms. The zero-order valence-corrected chi connectivity index (χ0v) is 31.5. The van der Waals surface area contributed by atoms with Gasteiger partial charge < -0.3 is 23.9 Å². The van der Waals surface area contributed by atoms with Crippen LogP contribution in [0.1, 0.15) is 43.6 Å². The molecule has 4 atom stereocenters. The molecule has 8 aromatic rings. The number of fused-ring (bicyclic) bond motifs is 10. The smallest absolute Gasteiger partial charge is 0.259 e. The summed E-state index contributed by atoms with van der Waals surface area (Å²) in [6.07, 6.45) is -4.31. The molecule has 1 fully saturated rings. The molecule has 300 valence electrons. The first kappa shape index (κ1) is 37.5. The van der Waals surface area contributed by atoms with Gasteiger partial charge in [-0.2, -0.15) is 0 Å². The summed E-state index contributed by atoms with van der Waals surface area (Å²) in [6.45, 7) is 4.58. The third-order valence-electron chi connectivity index (χ3n) is 11.1. The van der Waals surface area contributed by atoms with E-state index in [1.165, 1.54) is 0 Å². The van der Waals surface area contributed by atoms with Crippen LogP contribution in [-0.4, -0.2) is 39.7 Å². The number of hydrogen-bond donors (Lipinski definition) is 2. The van der Waals surface area contributed by atoms with Gasteiger partial charge >= 0.3 is 0 Å². The first-order valence-corrected chi connectivity index (χ1v) is 19.1. The predicted molar refractivity (Wildman–Crippen MR) is 215 cm³/mol. The number of nitrogens with one attached hydrogen (secondary N) is 2. The van der Waals surface area contributed by atoms with E-state index >= 15 is 8.78 Å². The van der Waals surface area contributed by atoms with E-state index in [0.717, 1.165) is 41.0 Å². The van der Waals surface area contributed by atoms with Crippen molar-refractivity contribution in [2.75, 3.05) is 0 Å². The monoisotopic (exact) mass is 811 g/mol. The van der Waals surface area contributed by atoms with Crippen molar-refractivity contribution >= 4 is 55.4 Å². The number of ether oxygens (including phenoxy) is 4. The average Bonchev–Trinajstić information content (AvgIpc) is 3.87. The van der Waals surface area contributed by atoms with Crippen molar-refractivity contribution in [2.45, 2.75) is 44.4 Å². The Labute approximate surface area is 338 Å². The van der Waals surface area contributed by atoms with Gasteiger partial charge in [0, 0.05) is 39.2 Å². The number of rotatable bonds is 10. The van der Waals surface area contributed by atoms with E-state index in [1.54, 1.807) is 4.57 Å². The highest BCUT2D eigenvalue weighted by Crippen LogP contribution is 2.48. The molecule has 9 nitrogen and oxygen atoms in total. The van der Waals surface area contributed by atoms with Crippen LogP contribution in [0.4, 0.5) is 17.6 Å². The summed E-state index contributed by atoms with van der Waals surface area (Å²) in [7, 11) is 0. The second-order valence-corrected chi connectivity index (χ2v) is 14.8. The fourth-order valence-corrected chi connectivity index (χ4v) is 8.47. The van der Waals surface area contributed by atoms with Crippen molar-refractivity contribution in [3.63, 3.8) is 0 Å². The lowest BCUT2D eigenvalue weighted by molar-refractivity contribution is -0.230. The Morgan fingerprint density at radius 1 is 0.617 bits per heavy atom. The van der Waals surface area contributed by atoms with E-state index in [-0.39, 0.29) is 80.3 Å². The maximum Gasteiger partial charge on any atom is 0.259 e. The number of nitrogens with zero attached hydrogens (tertiary/aromatic N) is 1. The Kier molecular flexibility index (Phi) is 9.23. The fourth-order valence-electron chi connectivity index (χ4n) is 8.47. The first-order chi connectivity index (χ1) is 29.2. The van der Waals surface area contributed by atoms with E-state index in [1.807, 2.05) is 91.0 Å². The molecule has 13 heteroatoms. The minimum atomic E-state index is -1.30.